The van der Waals surface area contributed by atoms with Gasteiger partial charge in [0.05, 0.1) is 12.6 Å². The number of methoxy groups -OCH3 is 1. The molecule has 0 saturated heterocycles. The number of halogens is 1. The number of nitrogens with one attached hydrogen (secondary N) is 1. The van der Waals surface area contributed by atoms with Gasteiger partial charge in [-0.3, -0.25) is 9.59 Å². The van der Waals surface area contributed by atoms with Crippen LogP contribution in [0.5, 0.6) is 23.1 Å². The number of hydrogen-bond acceptors (Lipinski definition) is 8. The Morgan fingerprint density at radius 1 is 1.00 bits per heavy atom. The van der Waals surface area contributed by atoms with E-state index in [1.807, 2.05) is 0 Å². The van der Waals surface area contributed by atoms with Crippen molar-refractivity contribution in [1.82, 2.24) is 15.0 Å². The van der Waals surface area contributed by atoms with Gasteiger partial charge in [-0.1, -0.05) is 11.6 Å². The van der Waals surface area contributed by atoms with Gasteiger partial charge in [0, 0.05) is 42.5 Å². The highest BCUT2D eigenvalue weighted by Crippen LogP contribution is 2.31. The molecule has 166 valence electrons. The molecule has 10 heteroatoms. The van der Waals surface area contributed by atoms with E-state index in [2.05, 4.69) is 20.3 Å². The number of fused-ring (bicyclic) bond motifs is 1. The molecule has 4 aromatic rings. The van der Waals surface area contributed by atoms with Gasteiger partial charge in [-0.05, 0) is 36.4 Å². The fraction of sp³-hybridized carbons (Fsp3) is 0.0870. The van der Waals surface area contributed by atoms with Crippen molar-refractivity contribution in [3.63, 3.8) is 0 Å². The lowest BCUT2D eigenvalue weighted by Gasteiger charge is -2.12. The number of hydrogen-bond donors (Lipinski definition) is 1. The smallest absolute Gasteiger partial charge is 0.308 e. The average molecular weight is 465 g/mol. The minimum absolute atomic E-state index is 0.0525. The fourth-order valence-electron chi connectivity index (χ4n) is 2.99. The number of anilines is 1. The van der Waals surface area contributed by atoms with Crippen molar-refractivity contribution in [2.24, 2.45) is 0 Å². The number of aromatic nitrogens is 3. The van der Waals surface area contributed by atoms with Gasteiger partial charge in [0.2, 0.25) is 11.6 Å². The molecule has 0 aliphatic heterocycles. The van der Waals surface area contributed by atoms with Crippen molar-refractivity contribution >= 4 is 40.1 Å². The lowest BCUT2D eigenvalue weighted by molar-refractivity contribution is -0.132. The van der Waals surface area contributed by atoms with Crippen molar-refractivity contribution in [3.05, 3.63) is 71.8 Å². The SMILES string of the molecule is COc1ccnc(C(=O)Nc2ccc3nc(Oc4cccnc4Cl)ccc3c2)c1OC(C)=O. The Morgan fingerprint density at radius 3 is 2.61 bits per heavy atom. The third-order valence-electron chi connectivity index (χ3n) is 4.41. The topological polar surface area (TPSA) is 113 Å². The summed E-state index contributed by atoms with van der Waals surface area (Å²) in [6, 6.07) is 13.5. The number of pyridine rings is 3. The van der Waals surface area contributed by atoms with E-state index in [9.17, 15) is 9.59 Å². The molecule has 33 heavy (non-hydrogen) atoms. The zero-order valence-corrected chi connectivity index (χ0v) is 18.3. The maximum absolute atomic E-state index is 12.8. The molecule has 0 bridgehead atoms. The minimum Gasteiger partial charge on any atom is -0.493 e. The molecular formula is C23H17ClN4O5. The first-order chi connectivity index (χ1) is 15.9. The van der Waals surface area contributed by atoms with Crippen LogP contribution in [0.3, 0.4) is 0 Å². The zero-order valence-electron chi connectivity index (χ0n) is 17.5. The van der Waals surface area contributed by atoms with Crippen LogP contribution in [0, 0.1) is 0 Å². The Hall–Kier alpha value is -4.24. The first kappa shape index (κ1) is 22.0. The fourth-order valence-corrected chi connectivity index (χ4v) is 3.15. The number of carbonyl (C=O) groups is 2. The summed E-state index contributed by atoms with van der Waals surface area (Å²) in [5.41, 5.74) is 1.06. The summed E-state index contributed by atoms with van der Waals surface area (Å²) >= 11 is 6.03. The number of nitrogens with zero attached hydrogens (tertiary/aromatic N) is 3. The third-order valence-corrected chi connectivity index (χ3v) is 4.69. The van der Waals surface area contributed by atoms with Gasteiger partial charge in [-0.15, -0.1) is 0 Å². The van der Waals surface area contributed by atoms with Crippen molar-refractivity contribution in [2.45, 2.75) is 6.92 Å². The van der Waals surface area contributed by atoms with Crippen LogP contribution in [0.2, 0.25) is 5.15 Å². The average Bonchev–Trinajstić information content (AvgIpc) is 2.80. The van der Waals surface area contributed by atoms with Gasteiger partial charge < -0.3 is 19.5 Å². The first-order valence-corrected chi connectivity index (χ1v) is 10.0. The van der Waals surface area contributed by atoms with Gasteiger partial charge in [0.1, 0.15) is 0 Å². The van der Waals surface area contributed by atoms with Crippen molar-refractivity contribution in [2.75, 3.05) is 12.4 Å². The zero-order chi connectivity index (χ0) is 23.4. The summed E-state index contributed by atoms with van der Waals surface area (Å²) < 4.78 is 16.0. The molecular weight excluding hydrogens is 448 g/mol. The molecule has 0 aliphatic carbocycles. The summed E-state index contributed by atoms with van der Waals surface area (Å²) in [4.78, 5) is 36.8. The van der Waals surface area contributed by atoms with Gasteiger partial charge in [-0.25, -0.2) is 15.0 Å². The highest BCUT2D eigenvalue weighted by molar-refractivity contribution is 6.30. The predicted octanol–water partition coefficient (Wildman–Crippen LogP) is 4.66. The number of amides is 1. The second-order valence-corrected chi connectivity index (χ2v) is 7.05. The molecule has 0 unspecified atom stereocenters. The number of rotatable bonds is 6. The highest BCUT2D eigenvalue weighted by Gasteiger charge is 2.21. The molecule has 9 nitrogen and oxygen atoms in total. The van der Waals surface area contributed by atoms with Crippen molar-refractivity contribution < 1.29 is 23.8 Å². The monoisotopic (exact) mass is 464 g/mol. The third kappa shape index (κ3) is 4.99. The predicted molar refractivity (Wildman–Crippen MR) is 121 cm³/mol. The highest BCUT2D eigenvalue weighted by atomic mass is 35.5. The second kappa shape index (κ2) is 9.49. The second-order valence-electron chi connectivity index (χ2n) is 6.69. The molecule has 0 atom stereocenters. The lowest BCUT2D eigenvalue weighted by Crippen LogP contribution is -2.17. The maximum atomic E-state index is 12.8. The van der Waals surface area contributed by atoms with Crippen molar-refractivity contribution in [1.29, 1.82) is 0 Å². The normalized spacial score (nSPS) is 10.5. The van der Waals surface area contributed by atoms with E-state index < -0.39 is 11.9 Å². The molecule has 0 aliphatic rings. The van der Waals surface area contributed by atoms with Crippen LogP contribution in [0.15, 0.2) is 60.9 Å². The van der Waals surface area contributed by atoms with Crippen LogP contribution in [0.25, 0.3) is 10.9 Å². The minimum atomic E-state index is -0.599. The molecule has 3 aromatic heterocycles. The first-order valence-electron chi connectivity index (χ1n) is 9.66. The Labute approximate surface area is 193 Å². The molecule has 4 rings (SSSR count). The number of carbonyl (C=O) groups excluding carboxylic acids is 2. The Balaban J connectivity index is 1.57. The molecule has 1 amide bonds. The molecule has 1 N–H and O–H groups in total. The molecule has 0 radical (unpaired) electrons. The van der Waals surface area contributed by atoms with Crippen LogP contribution in [0.4, 0.5) is 5.69 Å². The van der Waals surface area contributed by atoms with E-state index in [1.54, 1.807) is 48.7 Å². The summed E-state index contributed by atoms with van der Waals surface area (Å²) in [6.07, 6.45) is 2.95. The summed E-state index contributed by atoms with van der Waals surface area (Å²) in [7, 11) is 1.40. The summed E-state index contributed by atoms with van der Waals surface area (Å²) in [6.45, 7) is 1.23. The van der Waals surface area contributed by atoms with Crippen LogP contribution in [-0.2, 0) is 4.79 Å². The summed E-state index contributed by atoms with van der Waals surface area (Å²) in [5, 5.41) is 3.74. The van der Waals surface area contributed by atoms with Crippen molar-refractivity contribution in [3.8, 4) is 23.1 Å². The van der Waals surface area contributed by atoms with E-state index in [1.165, 1.54) is 26.3 Å². The largest absolute Gasteiger partial charge is 0.493 e. The number of benzene rings is 1. The molecule has 0 fully saturated rings. The van der Waals surface area contributed by atoms with E-state index in [-0.39, 0.29) is 22.3 Å². The van der Waals surface area contributed by atoms with E-state index in [0.717, 1.165) is 5.39 Å². The van der Waals surface area contributed by atoms with Gasteiger partial charge >= 0.3 is 5.97 Å². The Morgan fingerprint density at radius 2 is 1.85 bits per heavy atom. The van der Waals surface area contributed by atoms with Crippen LogP contribution >= 0.6 is 11.6 Å². The standard InChI is InChI=1S/C23H17ClN4O5/c1-13(29)32-21-17(31-2)9-11-25-20(21)23(30)27-15-6-7-16-14(12-15)5-8-19(28-16)33-18-4-3-10-26-22(18)24/h3-12H,1-2H3,(H,27,30). The maximum Gasteiger partial charge on any atom is 0.308 e. The lowest BCUT2D eigenvalue weighted by atomic mass is 10.2. The number of esters is 1. The van der Waals surface area contributed by atoms with Crippen LogP contribution in [0.1, 0.15) is 17.4 Å². The van der Waals surface area contributed by atoms with Crippen LogP contribution in [-0.4, -0.2) is 33.9 Å². The van der Waals surface area contributed by atoms with Gasteiger partial charge in [0.15, 0.2) is 22.3 Å². The molecule has 0 spiro atoms. The molecule has 1 aromatic carbocycles. The van der Waals surface area contributed by atoms with E-state index in [4.69, 9.17) is 25.8 Å². The van der Waals surface area contributed by atoms with Gasteiger partial charge in [-0.2, -0.15) is 0 Å². The van der Waals surface area contributed by atoms with E-state index >= 15 is 0 Å². The molecule has 0 saturated carbocycles. The van der Waals surface area contributed by atoms with Crippen LogP contribution < -0.4 is 19.5 Å². The van der Waals surface area contributed by atoms with Gasteiger partial charge in [0.25, 0.3) is 5.91 Å². The Kier molecular flexibility index (Phi) is 6.32. The van der Waals surface area contributed by atoms with E-state index in [0.29, 0.717) is 22.8 Å². The summed E-state index contributed by atoms with van der Waals surface area (Å²) in [5.74, 6) is -0.260. The molecule has 3 heterocycles. The quantitative estimate of drug-likeness (QED) is 0.324. The number of ether oxygens (including phenoxy) is 3. The Bertz CT molecular complexity index is 1360.